The number of sulfonamides is 1. The smallest absolute Gasteiger partial charge is 0.355 e. The highest BCUT2D eigenvalue weighted by molar-refractivity contribution is 7.89. The lowest BCUT2D eigenvalue weighted by Gasteiger charge is -2.24. The summed E-state index contributed by atoms with van der Waals surface area (Å²) in [5.41, 5.74) is 5.00. The molecule has 3 rings (SSSR count). The van der Waals surface area contributed by atoms with Gasteiger partial charge in [-0.1, -0.05) is 41.4 Å². The van der Waals surface area contributed by atoms with E-state index in [4.69, 9.17) is 16.3 Å². The first-order chi connectivity index (χ1) is 15.5. The van der Waals surface area contributed by atoms with E-state index in [0.717, 1.165) is 22.4 Å². The van der Waals surface area contributed by atoms with Crippen molar-refractivity contribution in [2.24, 2.45) is 0 Å². The van der Waals surface area contributed by atoms with Crippen molar-refractivity contribution in [1.29, 1.82) is 0 Å². The van der Waals surface area contributed by atoms with Crippen molar-refractivity contribution in [2.45, 2.75) is 52.6 Å². The van der Waals surface area contributed by atoms with Gasteiger partial charge in [0.05, 0.1) is 11.5 Å². The van der Waals surface area contributed by atoms with Crippen molar-refractivity contribution in [3.8, 4) is 0 Å². The van der Waals surface area contributed by atoms with Gasteiger partial charge < -0.3 is 9.72 Å². The van der Waals surface area contributed by atoms with Gasteiger partial charge in [-0.05, 0) is 75.1 Å². The minimum absolute atomic E-state index is 0.103. The van der Waals surface area contributed by atoms with Crippen molar-refractivity contribution in [3.63, 3.8) is 0 Å². The minimum atomic E-state index is -3.84. The first-order valence-electron chi connectivity index (χ1n) is 10.7. The van der Waals surface area contributed by atoms with Crippen LogP contribution in [-0.2, 0) is 27.8 Å². The number of nitrogens with zero attached hydrogens (tertiary/aromatic N) is 1. The van der Waals surface area contributed by atoms with Crippen LogP contribution in [0.4, 0.5) is 0 Å². The van der Waals surface area contributed by atoms with Crippen LogP contribution in [0.3, 0.4) is 0 Å². The summed E-state index contributed by atoms with van der Waals surface area (Å²) in [7, 11) is -3.84. The lowest BCUT2D eigenvalue weighted by molar-refractivity contribution is 0.0519. The summed E-state index contributed by atoms with van der Waals surface area (Å²) < 4.78 is 34.2. The summed E-state index contributed by atoms with van der Waals surface area (Å²) in [4.78, 5) is 15.7. The molecule has 0 atom stereocenters. The molecule has 1 aromatic heterocycles. The van der Waals surface area contributed by atoms with Crippen LogP contribution in [0.5, 0.6) is 0 Å². The highest BCUT2D eigenvalue weighted by Gasteiger charge is 2.29. The molecule has 0 bridgehead atoms. The van der Waals surface area contributed by atoms with Crippen LogP contribution in [0.25, 0.3) is 0 Å². The number of hydrogen-bond donors (Lipinski definition) is 1. The predicted molar refractivity (Wildman–Crippen MR) is 130 cm³/mol. The zero-order chi connectivity index (χ0) is 24.3. The second-order valence-electron chi connectivity index (χ2n) is 8.12. The molecule has 33 heavy (non-hydrogen) atoms. The van der Waals surface area contributed by atoms with E-state index in [0.29, 0.717) is 21.8 Å². The maximum absolute atomic E-state index is 13.8. The van der Waals surface area contributed by atoms with Crippen LogP contribution in [-0.4, -0.2) is 30.3 Å². The zero-order valence-corrected chi connectivity index (χ0v) is 21.1. The lowest BCUT2D eigenvalue weighted by atomic mass is 10.1. The molecule has 0 saturated carbocycles. The number of carbonyl (C=O) groups is 1. The summed E-state index contributed by atoms with van der Waals surface area (Å²) in [6.45, 7) is 9.62. The maximum Gasteiger partial charge on any atom is 0.355 e. The van der Waals surface area contributed by atoms with E-state index >= 15 is 0 Å². The molecule has 8 heteroatoms. The molecule has 6 nitrogen and oxygen atoms in total. The fourth-order valence-corrected chi connectivity index (χ4v) is 5.58. The van der Waals surface area contributed by atoms with Crippen molar-refractivity contribution in [2.75, 3.05) is 6.61 Å². The molecule has 0 amide bonds. The molecule has 3 aromatic rings. The van der Waals surface area contributed by atoms with Gasteiger partial charge in [-0.25, -0.2) is 13.2 Å². The molecular weight excluding hydrogens is 460 g/mol. The number of hydrogen-bond acceptors (Lipinski definition) is 4. The van der Waals surface area contributed by atoms with Crippen LogP contribution in [0.2, 0.25) is 5.02 Å². The van der Waals surface area contributed by atoms with Gasteiger partial charge in [-0.2, -0.15) is 4.31 Å². The van der Waals surface area contributed by atoms with Crippen LogP contribution in [0.15, 0.2) is 47.4 Å². The Bertz CT molecular complexity index is 1260. The number of halogens is 1. The Morgan fingerprint density at radius 2 is 1.70 bits per heavy atom. The van der Waals surface area contributed by atoms with E-state index in [1.54, 1.807) is 45.0 Å². The van der Waals surface area contributed by atoms with Crippen molar-refractivity contribution >= 4 is 27.6 Å². The third-order valence-electron chi connectivity index (χ3n) is 5.63. The lowest BCUT2D eigenvalue weighted by Crippen LogP contribution is -2.31. The number of nitrogens with one attached hydrogen (secondary N) is 1. The Hall–Kier alpha value is -2.61. The molecule has 1 N–H and O–H groups in total. The number of aromatic nitrogens is 1. The molecule has 0 saturated heterocycles. The van der Waals surface area contributed by atoms with Gasteiger partial charge in [0.15, 0.2) is 0 Å². The van der Waals surface area contributed by atoms with E-state index in [2.05, 4.69) is 4.98 Å². The molecule has 1 heterocycles. The van der Waals surface area contributed by atoms with Gasteiger partial charge in [0.1, 0.15) is 5.69 Å². The normalized spacial score (nSPS) is 11.7. The van der Waals surface area contributed by atoms with E-state index in [1.165, 1.54) is 4.31 Å². The Balaban J connectivity index is 2.06. The molecule has 0 radical (unpaired) electrons. The van der Waals surface area contributed by atoms with Gasteiger partial charge in [-0.15, -0.1) is 0 Å². The molecule has 2 aromatic carbocycles. The molecule has 0 spiro atoms. The van der Waals surface area contributed by atoms with Gasteiger partial charge in [0.2, 0.25) is 10.0 Å². The zero-order valence-electron chi connectivity index (χ0n) is 19.5. The highest BCUT2D eigenvalue weighted by atomic mass is 35.5. The summed E-state index contributed by atoms with van der Waals surface area (Å²) in [5, 5.41) is 0.582. The molecule has 0 unspecified atom stereocenters. The topological polar surface area (TPSA) is 79.5 Å². The van der Waals surface area contributed by atoms with Crippen LogP contribution < -0.4 is 0 Å². The fourth-order valence-electron chi connectivity index (χ4n) is 3.86. The van der Waals surface area contributed by atoms with Gasteiger partial charge in [-0.3, -0.25) is 0 Å². The highest BCUT2D eigenvalue weighted by Crippen LogP contribution is 2.28. The first-order valence-corrected chi connectivity index (χ1v) is 12.5. The van der Waals surface area contributed by atoms with Gasteiger partial charge >= 0.3 is 5.97 Å². The minimum Gasteiger partial charge on any atom is -0.461 e. The number of H-pyrrole nitrogens is 1. The molecule has 0 fully saturated rings. The van der Waals surface area contributed by atoms with Crippen molar-refractivity contribution < 1.29 is 17.9 Å². The number of esters is 1. The van der Waals surface area contributed by atoms with Gasteiger partial charge in [0, 0.05) is 23.8 Å². The van der Waals surface area contributed by atoms with E-state index in [9.17, 15) is 13.2 Å². The quantitative estimate of drug-likeness (QED) is 0.426. The largest absolute Gasteiger partial charge is 0.461 e. The van der Waals surface area contributed by atoms with Crippen LogP contribution in [0.1, 0.15) is 50.9 Å². The molecule has 0 aliphatic carbocycles. The molecule has 0 aliphatic rings. The SMILES string of the molecule is CCOC(=O)c1[nH]c(C)c(CN(Cc2ccc(Cl)cc2)S(=O)(=O)c2ccc(C)cc2C)c1C. The number of rotatable bonds is 8. The summed E-state index contributed by atoms with van der Waals surface area (Å²) in [5.74, 6) is -0.453. The van der Waals surface area contributed by atoms with E-state index in [-0.39, 0.29) is 24.6 Å². The number of aryl methyl sites for hydroxylation is 3. The fraction of sp³-hybridized carbons (Fsp3) is 0.320. The Kier molecular flexibility index (Phi) is 7.67. The average Bonchev–Trinajstić information content (AvgIpc) is 3.03. The standard InChI is InChI=1S/C25H29ClN2O4S/c1-6-32-25(29)24-18(4)22(19(5)27-24)15-28(14-20-8-10-21(26)11-9-20)33(30,31)23-12-7-16(2)13-17(23)3/h7-13,27H,6,14-15H2,1-5H3. The second-order valence-corrected chi connectivity index (χ2v) is 10.5. The first kappa shape index (κ1) is 25.0. The average molecular weight is 489 g/mol. The van der Waals surface area contributed by atoms with Crippen LogP contribution >= 0.6 is 11.6 Å². The number of benzene rings is 2. The van der Waals surface area contributed by atoms with E-state index in [1.807, 2.05) is 32.0 Å². The third-order valence-corrected chi connectivity index (χ3v) is 7.83. The van der Waals surface area contributed by atoms with E-state index < -0.39 is 16.0 Å². The molecule has 0 aliphatic heterocycles. The number of carbonyl (C=O) groups excluding carboxylic acids is 1. The Morgan fingerprint density at radius 3 is 2.30 bits per heavy atom. The summed E-state index contributed by atoms with van der Waals surface area (Å²) in [6.07, 6.45) is 0. The summed E-state index contributed by atoms with van der Waals surface area (Å²) in [6, 6.07) is 12.4. The Morgan fingerprint density at radius 1 is 1.03 bits per heavy atom. The summed E-state index contributed by atoms with van der Waals surface area (Å²) >= 11 is 6.02. The monoisotopic (exact) mass is 488 g/mol. The molecular formula is C25H29ClN2O4S. The predicted octanol–water partition coefficient (Wildman–Crippen LogP) is 5.47. The number of ether oxygens (including phenoxy) is 1. The third kappa shape index (κ3) is 5.49. The van der Waals surface area contributed by atoms with Crippen molar-refractivity contribution in [1.82, 2.24) is 9.29 Å². The molecule has 176 valence electrons. The maximum atomic E-state index is 13.8. The van der Waals surface area contributed by atoms with Crippen LogP contribution in [0, 0.1) is 27.7 Å². The van der Waals surface area contributed by atoms with Crippen molar-refractivity contribution in [3.05, 3.63) is 86.7 Å². The number of aromatic amines is 1. The van der Waals surface area contributed by atoms with Gasteiger partial charge in [0.25, 0.3) is 0 Å². The Labute approximate surface area is 200 Å². The second kappa shape index (κ2) is 10.1.